The van der Waals surface area contributed by atoms with E-state index >= 15 is 0 Å². The van der Waals surface area contributed by atoms with Crippen LogP contribution in [0.15, 0.2) is 40.9 Å². The molecule has 0 radical (unpaired) electrons. The quantitative estimate of drug-likeness (QED) is 0.627. The molecule has 3 rings (SSSR count). The summed E-state index contributed by atoms with van der Waals surface area (Å²) < 4.78 is 11.7. The van der Waals surface area contributed by atoms with Gasteiger partial charge in [0, 0.05) is 0 Å². The van der Waals surface area contributed by atoms with Gasteiger partial charge in [-0.15, -0.1) is 0 Å². The fraction of sp³-hybridized carbons (Fsp3) is 0.158. The molecule has 1 aromatic heterocycles. The van der Waals surface area contributed by atoms with E-state index in [4.69, 9.17) is 9.47 Å². The number of H-pyrrole nitrogens is 1. The first-order valence-electron chi connectivity index (χ1n) is 7.73. The van der Waals surface area contributed by atoms with Crippen LogP contribution in [0, 0.1) is 11.3 Å². The van der Waals surface area contributed by atoms with E-state index in [1.165, 1.54) is 0 Å². The van der Waals surface area contributed by atoms with Gasteiger partial charge in [-0.25, -0.2) is 4.98 Å². The van der Waals surface area contributed by atoms with Gasteiger partial charge in [0.1, 0.15) is 11.9 Å². The predicted molar refractivity (Wildman–Crippen MR) is 101 cm³/mol. The molecular weight excluding hydrogens is 382 g/mol. The lowest BCUT2D eigenvalue weighted by Crippen LogP contribution is -1.97. The first-order valence-corrected chi connectivity index (χ1v) is 8.52. The van der Waals surface area contributed by atoms with Crippen LogP contribution in [-0.2, 0) is 0 Å². The average molecular weight is 398 g/mol. The molecule has 0 aliphatic rings. The summed E-state index contributed by atoms with van der Waals surface area (Å²) in [5.74, 6) is 1.78. The number of para-hydroxylation sites is 2. The minimum Gasteiger partial charge on any atom is -0.492 e. The second-order valence-electron chi connectivity index (χ2n) is 5.24. The van der Waals surface area contributed by atoms with Gasteiger partial charge in [0.25, 0.3) is 0 Å². The summed E-state index contributed by atoms with van der Waals surface area (Å²) in [6.07, 6.45) is 1.77. The highest BCUT2D eigenvalue weighted by Crippen LogP contribution is 2.37. The Labute approximate surface area is 154 Å². The molecule has 0 unspecified atom stereocenters. The number of nitrogens with zero attached hydrogens (tertiary/aromatic N) is 2. The Morgan fingerprint density at radius 2 is 2.16 bits per heavy atom. The third kappa shape index (κ3) is 3.52. The Kier molecular flexibility index (Phi) is 5.05. The van der Waals surface area contributed by atoms with E-state index < -0.39 is 0 Å². The van der Waals surface area contributed by atoms with E-state index in [-0.39, 0.29) is 0 Å². The van der Waals surface area contributed by atoms with Crippen molar-refractivity contribution in [3.8, 4) is 17.6 Å². The summed E-state index contributed by atoms with van der Waals surface area (Å²) in [7, 11) is 1.59. The zero-order valence-corrected chi connectivity index (χ0v) is 15.4. The fourth-order valence-corrected chi connectivity index (χ4v) is 3.15. The van der Waals surface area contributed by atoms with Gasteiger partial charge in [0.05, 0.1) is 34.8 Å². The summed E-state index contributed by atoms with van der Waals surface area (Å²) in [5.41, 5.74) is 2.97. The summed E-state index contributed by atoms with van der Waals surface area (Å²) in [6.45, 7) is 2.43. The maximum absolute atomic E-state index is 9.56. The molecule has 0 fully saturated rings. The maximum Gasteiger partial charge on any atom is 0.174 e. The highest BCUT2D eigenvalue weighted by molar-refractivity contribution is 9.10. The molecule has 0 aliphatic heterocycles. The minimum atomic E-state index is 0.440. The summed E-state index contributed by atoms with van der Waals surface area (Å²) in [5, 5.41) is 9.56. The van der Waals surface area contributed by atoms with E-state index in [0.29, 0.717) is 29.5 Å². The van der Waals surface area contributed by atoms with Gasteiger partial charge in [-0.05, 0) is 58.8 Å². The van der Waals surface area contributed by atoms with Crippen molar-refractivity contribution in [1.29, 1.82) is 5.26 Å². The lowest BCUT2D eigenvalue weighted by Gasteiger charge is -2.12. The molecule has 5 nitrogen and oxygen atoms in total. The normalized spacial score (nSPS) is 11.4. The number of methoxy groups -OCH3 is 1. The number of hydrogen-bond donors (Lipinski definition) is 1. The molecule has 3 aromatic rings. The first-order chi connectivity index (χ1) is 12.2. The summed E-state index contributed by atoms with van der Waals surface area (Å²) >= 11 is 3.48. The lowest BCUT2D eigenvalue weighted by molar-refractivity contribution is 0.310. The van der Waals surface area contributed by atoms with Crippen molar-refractivity contribution in [3.63, 3.8) is 0 Å². The molecule has 0 saturated heterocycles. The predicted octanol–water partition coefficient (Wildman–Crippen LogP) is 4.80. The highest BCUT2D eigenvalue weighted by Gasteiger charge is 2.12. The van der Waals surface area contributed by atoms with E-state index in [0.717, 1.165) is 21.1 Å². The molecule has 0 aliphatic carbocycles. The van der Waals surface area contributed by atoms with Crippen molar-refractivity contribution in [2.45, 2.75) is 6.92 Å². The van der Waals surface area contributed by atoms with E-state index in [1.807, 2.05) is 43.3 Å². The maximum atomic E-state index is 9.56. The van der Waals surface area contributed by atoms with Crippen LogP contribution in [-0.4, -0.2) is 23.7 Å². The number of aromatic nitrogens is 2. The van der Waals surface area contributed by atoms with Gasteiger partial charge in [-0.3, -0.25) is 0 Å². The van der Waals surface area contributed by atoms with Gasteiger partial charge < -0.3 is 14.5 Å². The number of rotatable bonds is 5. The topological polar surface area (TPSA) is 70.9 Å². The third-order valence-corrected chi connectivity index (χ3v) is 4.20. The van der Waals surface area contributed by atoms with Crippen molar-refractivity contribution in [1.82, 2.24) is 9.97 Å². The minimum absolute atomic E-state index is 0.440. The number of hydrogen-bond acceptors (Lipinski definition) is 4. The van der Waals surface area contributed by atoms with E-state index in [2.05, 4.69) is 32.0 Å². The standard InChI is InChI=1S/C19H16BrN3O2/c1-3-25-17-10-12(9-14(20)18(17)24-2)8-13(11-21)19-22-15-6-4-5-7-16(15)23-19/h4-10H,3H2,1-2H3,(H,22,23)/b13-8-. The second-order valence-corrected chi connectivity index (χ2v) is 6.09. The van der Waals surface area contributed by atoms with Gasteiger partial charge in [0.15, 0.2) is 11.5 Å². The van der Waals surface area contributed by atoms with Gasteiger partial charge in [-0.1, -0.05) is 12.1 Å². The highest BCUT2D eigenvalue weighted by atomic mass is 79.9. The van der Waals surface area contributed by atoms with E-state index in [1.54, 1.807) is 13.2 Å². The van der Waals surface area contributed by atoms with Crippen LogP contribution in [0.25, 0.3) is 22.7 Å². The van der Waals surface area contributed by atoms with Crippen LogP contribution in [0.2, 0.25) is 0 Å². The van der Waals surface area contributed by atoms with Crippen LogP contribution in [0.3, 0.4) is 0 Å². The number of ether oxygens (including phenoxy) is 2. The van der Waals surface area contributed by atoms with Crippen LogP contribution in [0.5, 0.6) is 11.5 Å². The van der Waals surface area contributed by atoms with Crippen molar-refractivity contribution in [3.05, 3.63) is 52.3 Å². The van der Waals surface area contributed by atoms with Crippen molar-refractivity contribution >= 4 is 38.6 Å². The fourth-order valence-electron chi connectivity index (χ4n) is 2.53. The molecule has 1 N–H and O–H groups in total. The average Bonchev–Trinajstić information content (AvgIpc) is 3.03. The van der Waals surface area contributed by atoms with Gasteiger partial charge in [-0.2, -0.15) is 5.26 Å². The number of nitrogens with one attached hydrogen (secondary N) is 1. The van der Waals surface area contributed by atoms with Crippen LogP contribution in [0.4, 0.5) is 0 Å². The SMILES string of the molecule is CCOc1cc(/C=C(/C#N)c2nc3ccccc3[nH]2)cc(Br)c1OC. The molecule has 0 bridgehead atoms. The Bertz CT molecular complexity index is 953. The molecule has 2 aromatic carbocycles. The number of nitriles is 1. The number of aromatic amines is 1. The number of allylic oxidation sites excluding steroid dienone is 1. The van der Waals surface area contributed by atoms with Gasteiger partial charge in [0.2, 0.25) is 0 Å². The molecule has 25 heavy (non-hydrogen) atoms. The summed E-state index contributed by atoms with van der Waals surface area (Å²) in [4.78, 5) is 7.66. The lowest BCUT2D eigenvalue weighted by atomic mass is 10.1. The van der Waals surface area contributed by atoms with Crippen LogP contribution >= 0.6 is 15.9 Å². The molecule has 0 spiro atoms. The summed E-state index contributed by atoms with van der Waals surface area (Å²) in [6, 6.07) is 13.6. The van der Waals surface area contributed by atoms with E-state index in [9.17, 15) is 5.26 Å². The van der Waals surface area contributed by atoms with Crippen molar-refractivity contribution < 1.29 is 9.47 Å². The smallest absolute Gasteiger partial charge is 0.174 e. The number of imidazole rings is 1. The van der Waals surface area contributed by atoms with Gasteiger partial charge >= 0.3 is 0 Å². The molecule has 126 valence electrons. The zero-order chi connectivity index (χ0) is 17.8. The Morgan fingerprint density at radius 1 is 1.36 bits per heavy atom. The Morgan fingerprint density at radius 3 is 2.84 bits per heavy atom. The molecular formula is C19H16BrN3O2. The monoisotopic (exact) mass is 397 g/mol. The number of fused-ring (bicyclic) bond motifs is 1. The number of halogens is 1. The Hall–Kier alpha value is -2.78. The first kappa shape index (κ1) is 17.1. The molecule has 1 heterocycles. The molecule has 0 saturated carbocycles. The third-order valence-electron chi connectivity index (χ3n) is 3.61. The second kappa shape index (κ2) is 7.41. The van der Waals surface area contributed by atoms with Crippen molar-refractivity contribution in [2.24, 2.45) is 0 Å². The molecule has 6 heteroatoms. The number of benzene rings is 2. The largest absolute Gasteiger partial charge is 0.492 e. The van der Waals surface area contributed by atoms with Crippen LogP contribution < -0.4 is 9.47 Å². The molecule has 0 atom stereocenters. The van der Waals surface area contributed by atoms with Crippen LogP contribution in [0.1, 0.15) is 18.3 Å². The van der Waals surface area contributed by atoms with Crippen molar-refractivity contribution in [2.75, 3.05) is 13.7 Å². The Balaban J connectivity index is 2.06. The zero-order valence-electron chi connectivity index (χ0n) is 13.8. The molecule has 0 amide bonds.